The number of anilines is 1. The number of carbonyl (C=O) groups excluding carboxylic acids is 3. The van der Waals surface area contributed by atoms with E-state index in [-0.39, 0.29) is 47.9 Å². The number of hydrogen-bond acceptors (Lipinski definition) is 5. The van der Waals surface area contributed by atoms with Crippen molar-refractivity contribution < 1.29 is 14.4 Å². The number of carbonyl (C=O) groups is 3. The Kier molecular flexibility index (Phi) is 4.38. The summed E-state index contributed by atoms with van der Waals surface area (Å²) in [5, 5.41) is 3.42. The minimum atomic E-state index is -0.335. The van der Waals surface area contributed by atoms with Crippen molar-refractivity contribution in [1.29, 1.82) is 0 Å². The predicted molar refractivity (Wildman–Crippen MR) is 106 cm³/mol. The van der Waals surface area contributed by atoms with E-state index in [2.05, 4.69) is 29.4 Å². The van der Waals surface area contributed by atoms with E-state index in [0.29, 0.717) is 11.0 Å². The number of aromatic nitrogens is 1. The van der Waals surface area contributed by atoms with Crippen molar-refractivity contribution in [1.82, 2.24) is 9.88 Å². The normalized spacial score (nSPS) is 32.8. The van der Waals surface area contributed by atoms with Gasteiger partial charge in [0, 0.05) is 4.88 Å². The lowest BCUT2D eigenvalue weighted by Gasteiger charge is -2.19. The van der Waals surface area contributed by atoms with Gasteiger partial charge in [0.1, 0.15) is 6.54 Å². The Balaban J connectivity index is 1.23. The van der Waals surface area contributed by atoms with E-state index in [1.54, 1.807) is 0 Å². The zero-order valence-corrected chi connectivity index (χ0v) is 16.8. The molecule has 2 bridgehead atoms. The zero-order valence-electron chi connectivity index (χ0n) is 16.0. The highest BCUT2D eigenvalue weighted by Gasteiger charge is 2.59. The van der Waals surface area contributed by atoms with Gasteiger partial charge in [-0.1, -0.05) is 31.9 Å². The van der Waals surface area contributed by atoms with Gasteiger partial charge in [0.25, 0.3) is 0 Å². The molecule has 3 amide bonds. The van der Waals surface area contributed by atoms with Crippen LogP contribution in [0.25, 0.3) is 0 Å². The molecular formula is C21H25N3O3S. The minimum Gasteiger partial charge on any atom is -0.300 e. The Hall–Kier alpha value is -2.02. The van der Waals surface area contributed by atoms with Gasteiger partial charge in [-0.3, -0.25) is 19.3 Å². The molecule has 0 aromatic carbocycles. The first-order valence-electron chi connectivity index (χ1n) is 10.4. The smallest absolute Gasteiger partial charge is 0.246 e. The number of fused-ring (bicyclic) bond motifs is 6. The topological polar surface area (TPSA) is 79.4 Å². The molecule has 2 heterocycles. The number of imide groups is 1. The number of likely N-dealkylation sites (tertiary alicyclic amines) is 1. The predicted octanol–water partition coefficient (Wildman–Crippen LogP) is 2.79. The highest BCUT2D eigenvalue weighted by Crippen LogP contribution is 2.52. The van der Waals surface area contributed by atoms with Gasteiger partial charge in [0.2, 0.25) is 17.7 Å². The highest BCUT2D eigenvalue weighted by atomic mass is 32.1. The third-order valence-corrected chi connectivity index (χ3v) is 7.88. The molecule has 4 aliphatic rings. The third-order valence-electron chi connectivity index (χ3n) is 6.85. The van der Waals surface area contributed by atoms with Gasteiger partial charge in [0.05, 0.1) is 17.5 Å². The lowest BCUT2D eigenvalue weighted by Crippen LogP contribution is -2.39. The van der Waals surface area contributed by atoms with Crippen molar-refractivity contribution in [2.75, 3.05) is 11.9 Å². The highest BCUT2D eigenvalue weighted by molar-refractivity contribution is 7.15. The molecule has 1 aliphatic heterocycles. The van der Waals surface area contributed by atoms with Crippen LogP contribution in [0.15, 0.2) is 12.2 Å². The van der Waals surface area contributed by atoms with Crippen LogP contribution >= 0.6 is 11.3 Å². The monoisotopic (exact) mass is 399 g/mol. The fourth-order valence-electron chi connectivity index (χ4n) is 5.57. The fourth-order valence-corrected chi connectivity index (χ4v) is 6.71. The van der Waals surface area contributed by atoms with Gasteiger partial charge < -0.3 is 5.32 Å². The molecule has 0 spiro atoms. The minimum absolute atomic E-state index is 0.168. The lowest BCUT2D eigenvalue weighted by atomic mass is 9.85. The van der Waals surface area contributed by atoms with E-state index in [9.17, 15) is 14.4 Å². The van der Waals surface area contributed by atoms with Gasteiger partial charge in [0.15, 0.2) is 5.13 Å². The summed E-state index contributed by atoms with van der Waals surface area (Å²) < 4.78 is 0. The van der Waals surface area contributed by atoms with E-state index >= 15 is 0 Å². The second kappa shape index (κ2) is 6.79. The summed E-state index contributed by atoms with van der Waals surface area (Å²) >= 11 is 1.54. The molecule has 7 heteroatoms. The maximum Gasteiger partial charge on any atom is 0.246 e. The summed E-state index contributed by atoms with van der Waals surface area (Å²) in [7, 11) is 0. The fraction of sp³-hybridized carbons (Fsp3) is 0.619. The van der Waals surface area contributed by atoms with E-state index in [1.165, 1.54) is 34.0 Å². The lowest BCUT2D eigenvalue weighted by molar-refractivity contribution is -0.143. The Morgan fingerprint density at radius 2 is 1.96 bits per heavy atom. The first kappa shape index (κ1) is 18.0. The zero-order chi connectivity index (χ0) is 19.4. The van der Waals surface area contributed by atoms with Gasteiger partial charge in [-0.15, -0.1) is 11.3 Å². The molecule has 5 rings (SSSR count). The molecular weight excluding hydrogens is 374 g/mol. The maximum atomic E-state index is 12.7. The summed E-state index contributed by atoms with van der Waals surface area (Å²) in [6, 6.07) is 0. The molecule has 148 valence electrons. The van der Waals surface area contributed by atoms with Gasteiger partial charge in [-0.05, 0) is 43.4 Å². The van der Waals surface area contributed by atoms with Crippen LogP contribution in [0, 0.1) is 29.6 Å². The molecule has 1 saturated heterocycles. The largest absolute Gasteiger partial charge is 0.300 e. The van der Waals surface area contributed by atoms with Crippen LogP contribution in [0.4, 0.5) is 5.13 Å². The summed E-state index contributed by atoms with van der Waals surface area (Å²) in [6.07, 6.45) is 10.6. The summed E-state index contributed by atoms with van der Waals surface area (Å²) in [5.41, 5.74) is 1.10. The Morgan fingerprint density at radius 3 is 2.64 bits per heavy atom. The number of hydrogen-bond donors (Lipinski definition) is 1. The molecule has 28 heavy (non-hydrogen) atoms. The van der Waals surface area contributed by atoms with Crippen LogP contribution in [0.2, 0.25) is 0 Å². The van der Waals surface area contributed by atoms with Crippen molar-refractivity contribution in [3.8, 4) is 0 Å². The van der Waals surface area contributed by atoms with Crippen molar-refractivity contribution >= 4 is 34.2 Å². The molecule has 3 aliphatic carbocycles. The van der Waals surface area contributed by atoms with Gasteiger partial charge >= 0.3 is 0 Å². The van der Waals surface area contributed by atoms with Crippen LogP contribution in [-0.2, 0) is 27.2 Å². The van der Waals surface area contributed by atoms with E-state index in [1.807, 2.05) is 0 Å². The van der Waals surface area contributed by atoms with Gasteiger partial charge in [-0.25, -0.2) is 4.98 Å². The number of aryl methyl sites for hydroxylation is 1. The Morgan fingerprint density at radius 1 is 1.25 bits per heavy atom. The second-order valence-electron chi connectivity index (χ2n) is 8.60. The molecule has 6 nitrogen and oxygen atoms in total. The average Bonchev–Trinajstić information content (AvgIpc) is 3.41. The van der Waals surface area contributed by atoms with Crippen LogP contribution in [0.1, 0.15) is 43.2 Å². The summed E-state index contributed by atoms with van der Waals surface area (Å²) in [6.45, 7) is 2.01. The number of nitrogens with zero attached hydrogens (tertiary/aromatic N) is 2. The van der Waals surface area contributed by atoms with Crippen LogP contribution in [-0.4, -0.2) is 34.2 Å². The standard InChI is InChI=1S/C21H25N3O3S/c1-2-3-11-4-7-14-15(8-11)28-21(22-14)23-16(25)10-24-19(26)17-12-5-6-13(9-12)18(17)20(24)27/h5-6,11-13,17-18H,2-4,7-10H2,1H3,(H,22,23,25). The second-order valence-corrected chi connectivity index (χ2v) is 9.68. The molecule has 1 saturated carbocycles. The molecule has 1 aromatic rings. The Bertz CT molecular complexity index is 846. The maximum absolute atomic E-state index is 12.7. The number of thiazole rings is 1. The van der Waals surface area contributed by atoms with E-state index in [4.69, 9.17) is 0 Å². The van der Waals surface area contributed by atoms with Crippen molar-refractivity contribution in [2.24, 2.45) is 29.6 Å². The van der Waals surface area contributed by atoms with Crippen LogP contribution in [0.5, 0.6) is 0 Å². The first-order valence-corrected chi connectivity index (χ1v) is 11.2. The molecule has 1 aromatic heterocycles. The number of allylic oxidation sites excluding steroid dienone is 2. The molecule has 5 atom stereocenters. The number of rotatable bonds is 5. The number of nitrogens with one attached hydrogen (secondary N) is 1. The van der Waals surface area contributed by atoms with Crippen LogP contribution < -0.4 is 5.32 Å². The molecule has 2 fully saturated rings. The van der Waals surface area contributed by atoms with Crippen LogP contribution in [0.3, 0.4) is 0 Å². The number of amides is 3. The molecule has 0 radical (unpaired) electrons. The average molecular weight is 400 g/mol. The first-order chi connectivity index (χ1) is 13.5. The summed E-state index contributed by atoms with van der Waals surface area (Å²) in [5.74, 6) is -0.146. The Labute approximate surface area is 168 Å². The van der Waals surface area contributed by atoms with Crippen molar-refractivity contribution in [3.05, 3.63) is 22.7 Å². The SMILES string of the molecule is CCCC1CCc2nc(NC(=O)CN3C(=O)C4C5C=CC(C5)C4C3=O)sc2C1. The molecule has 1 N–H and O–H groups in total. The third kappa shape index (κ3) is 2.82. The van der Waals surface area contributed by atoms with E-state index < -0.39 is 0 Å². The van der Waals surface area contributed by atoms with E-state index in [0.717, 1.165) is 31.4 Å². The van der Waals surface area contributed by atoms with Gasteiger partial charge in [-0.2, -0.15) is 0 Å². The molecule has 5 unspecified atom stereocenters. The quantitative estimate of drug-likeness (QED) is 0.610. The van der Waals surface area contributed by atoms with Crippen molar-refractivity contribution in [2.45, 2.75) is 45.4 Å². The summed E-state index contributed by atoms with van der Waals surface area (Å²) in [4.78, 5) is 45.0. The van der Waals surface area contributed by atoms with Crippen molar-refractivity contribution in [3.63, 3.8) is 0 Å².